The van der Waals surface area contributed by atoms with Crippen molar-refractivity contribution < 1.29 is 9.59 Å². The summed E-state index contributed by atoms with van der Waals surface area (Å²) in [5.41, 5.74) is 2.49. The number of urea groups is 1. The standard InChI is InChI=1S/C23H27N5O2/c1-27-20-19(21(29)26-23(27)30)28(16-8-13-17-9-4-2-5-10-17)22(25-20)24-15-14-18-11-6-3-7-12-18/h2-7,9-12,19-20H,8,13-16H2,1H3,(H,24,25)(H,26,29,30). The molecule has 7 nitrogen and oxygen atoms in total. The summed E-state index contributed by atoms with van der Waals surface area (Å²) >= 11 is 0. The van der Waals surface area contributed by atoms with Gasteiger partial charge in [-0.25, -0.2) is 4.79 Å². The molecule has 0 bridgehead atoms. The van der Waals surface area contributed by atoms with E-state index in [0.717, 1.165) is 19.3 Å². The second-order valence-corrected chi connectivity index (χ2v) is 7.66. The Bertz CT molecular complexity index is 916. The average Bonchev–Trinajstić information content (AvgIpc) is 3.13. The lowest BCUT2D eigenvalue weighted by Gasteiger charge is -2.35. The van der Waals surface area contributed by atoms with Gasteiger partial charge in [0.1, 0.15) is 6.17 Å². The Balaban J connectivity index is 1.47. The molecule has 0 aromatic heterocycles. The highest BCUT2D eigenvalue weighted by molar-refractivity contribution is 6.04. The number of imide groups is 1. The number of nitrogens with one attached hydrogen (secondary N) is 2. The van der Waals surface area contributed by atoms with Crippen LogP contribution in [0.5, 0.6) is 0 Å². The van der Waals surface area contributed by atoms with Gasteiger partial charge in [-0.1, -0.05) is 60.7 Å². The Morgan fingerprint density at radius 3 is 2.23 bits per heavy atom. The Kier molecular flexibility index (Phi) is 5.97. The Hall–Kier alpha value is -3.35. The van der Waals surface area contributed by atoms with Gasteiger partial charge in [-0.05, 0) is 30.4 Å². The van der Waals surface area contributed by atoms with Crippen molar-refractivity contribution in [2.45, 2.75) is 31.5 Å². The van der Waals surface area contributed by atoms with Crippen LogP contribution in [0, 0.1) is 0 Å². The van der Waals surface area contributed by atoms with Crippen LogP contribution in [0.4, 0.5) is 4.79 Å². The van der Waals surface area contributed by atoms with Gasteiger partial charge in [0.2, 0.25) is 0 Å². The molecule has 7 heteroatoms. The molecule has 0 saturated carbocycles. The van der Waals surface area contributed by atoms with Gasteiger partial charge in [0.05, 0.1) is 0 Å². The van der Waals surface area contributed by atoms with Crippen molar-refractivity contribution in [3.63, 3.8) is 0 Å². The van der Waals surface area contributed by atoms with E-state index in [2.05, 4.69) is 34.9 Å². The fourth-order valence-corrected chi connectivity index (χ4v) is 4.00. The zero-order valence-electron chi connectivity index (χ0n) is 17.1. The first-order valence-electron chi connectivity index (χ1n) is 10.4. The predicted octanol–water partition coefficient (Wildman–Crippen LogP) is 2.00. The minimum atomic E-state index is -0.473. The fourth-order valence-electron chi connectivity index (χ4n) is 4.00. The number of hydrogen-bond donors (Lipinski definition) is 2. The number of carbonyl (C=O) groups excluding carboxylic acids is 2. The zero-order chi connectivity index (χ0) is 20.9. The van der Waals surface area contributed by atoms with Crippen molar-refractivity contribution >= 4 is 17.9 Å². The number of carbonyl (C=O) groups is 2. The SMILES string of the molecule is CN1C(=O)NC(=O)C2C1NC(=NCCc1ccccc1)N2CCCc1ccccc1. The van der Waals surface area contributed by atoms with E-state index in [0.29, 0.717) is 19.0 Å². The summed E-state index contributed by atoms with van der Waals surface area (Å²) in [6.07, 6.45) is 2.22. The van der Waals surface area contributed by atoms with Crippen LogP contribution in [0.3, 0.4) is 0 Å². The van der Waals surface area contributed by atoms with E-state index >= 15 is 0 Å². The van der Waals surface area contributed by atoms with E-state index in [1.807, 2.05) is 41.3 Å². The number of aliphatic imine (C=N–C) groups is 1. The average molecular weight is 406 g/mol. The van der Waals surface area contributed by atoms with Gasteiger partial charge in [0.15, 0.2) is 12.0 Å². The van der Waals surface area contributed by atoms with Crippen molar-refractivity contribution in [2.75, 3.05) is 20.1 Å². The van der Waals surface area contributed by atoms with E-state index in [1.165, 1.54) is 16.0 Å². The summed E-state index contributed by atoms with van der Waals surface area (Å²) in [6.45, 7) is 1.29. The van der Waals surface area contributed by atoms with E-state index in [9.17, 15) is 9.59 Å². The van der Waals surface area contributed by atoms with Crippen LogP contribution in [0.15, 0.2) is 65.7 Å². The number of rotatable bonds is 7. The van der Waals surface area contributed by atoms with Crippen LogP contribution < -0.4 is 10.6 Å². The molecule has 2 aliphatic heterocycles. The quantitative estimate of drug-likeness (QED) is 0.739. The molecule has 0 aliphatic carbocycles. The number of amides is 3. The molecule has 4 rings (SSSR count). The highest BCUT2D eigenvalue weighted by Gasteiger charge is 2.49. The third kappa shape index (κ3) is 4.30. The summed E-state index contributed by atoms with van der Waals surface area (Å²) in [4.78, 5) is 33.0. The molecule has 2 atom stereocenters. The molecule has 2 N–H and O–H groups in total. The summed E-state index contributed by atoms with van der Waals surface area (Å²) in [6, 6.07) is 19.6. The molecule has 0 radical (unpaired) electrons. The molecule has 2 aliphatic rings. The maximum absolute atomic E-state index is 12.6. The maximum atomic E-state index is 12.6. The number of likely N-dealkylation sites (N-methyl/N-ethyl adjacent to an activating group) is 1. The van der Waals surface area contributed by atoms with Crippen LogP contribution in [0.1, 0.15) is 17.5 Å². The lowest BCUT2D eigenvalue weighted by Crippen LogP contribution is -2.64. The van der Waals surface area contributed by atoms with Gasteiger partial charge in [-0.3, -0.25) is 15.1 Å². The van der Waals surface area contributed by atoms with Gasteiger partial charge in [0, 0.05) is 20.1 Å². The number of hydrogen-bond acceptors (Lipinski definition) is 3. The Labute approximate surface area is 176 Å². The first-order chi connectivity index (χ1) is 14.6. The molecule has 2 saturated heterocycles. The molecule has 156 valence electrons. The van der Waals surface area contributed by atoms with Gasteiger partial charge in [-0.2, -0.15) is 0 Å². The third-order valence-corrected chi connectivity index (χ3v) is 5.63. The Morgan fingerprint density at radius 2 is 1.57 bits per heavy atom. The summed E-state index contributed by atoms with van der Waals surface area (Å²) in [7, 11) is 1.70. The van der Waals surface area contributed by atoms with E-state index in [1.54, 1.807) is 7.05 Å². The lowest BCUT2D eigenvalue weighted by atomic mass is 10.1. The van der Waals surface area contributed by atoms with Crippen molar-refractivity contribution in [3.05, 3.63) is 71.8 Å². The van der Waals surface area contributed by atoms with Gasteiger partial charge >= 0.3 is 6.03 Å². The molecule has 0 spiro atoms. The minimum Gasteiger partial charge on any atom is -0.334 e. The Morgan fingerprint density at radius 1 is 0.933 bits per heavy atom. The zero-order valence-corrected chi connectivity index (χ0v) is 17.1. The van der Waals surface area contributed by atoms with Gasteiger partial charge < -0.3 is 15.1 Å². The molecule has 2 fully saturated rings. The summed E-state index contributed by atoms with van der Waals surface area (Å²) in [5.74, 6) is 0.411. The molecule has 30 heavy (non-hydrogen) atoms. The first kappa shape index (κ1) is 19.9. The van der Waals surface area contributed by atoms with Gasteiger partial charge in [-0.15, -0.1) is 0 Å². The normalized spacial score (nSPS) is 22.1. The molecule has 2 aromatic carbocycles. The molecule has 2 aromatic rings. The fraction of sp³-hybridized carbons (Fsp3) is 0.348. The lowest BCUT2D eigenvalue weighted by molar-refractivity contribution is -0.127. The molecule has 2 unspecified atom stereocenters. The smallest absolute Gasteiger partial charge is 0.325 e. The number of nitrogens with zero attached hydrogens (tertiary/aromatic N) is 3. The van der Waals surface area contributed by atoms with Crippen molar-refractivity contribution in [1.82, 2.24) is 20.4 Å². The number of aryl methyl sites for hydroxylation is 1. The predicted molar refractivity (Wildman–Crippen MR) is 116 cm³/mol. The van der Waals surface area contributed by atoms with Crippen LogP contribution in [0.2, 0.25) is 0 Å². The van der Waals surface area contributed by atoms with Crippen molar-refractivity contribution in [1.29, 1.82) is 0 Å². The molecular formula is C23H27N5O2. The molecule has 3 amide bonds. The summed E-state index contributed by atoms with van der Waals surface area (Å²) in [5, 5.41) is 5.76. The highest BCUT2D eigenvalue weighted by Crippen LogP contribution is 2.21. The van der Waals surface area contributed by atoms with Crippen LogP contribution in [-0.4, -0.2) is 60.0 Å². The summed E-state index contributed by atoms with van der Waals surface area (Å²) < 4.78 is 0. The number of guanidine groups is 1. The molecular weight excluding hydrogens is 378 g/mol. The second kappa shape index (κ2) is 8.98. The van der Waals surface area contributed by atoms with Crippen molar-refractivity contribution in [3.8, 4) is 0 Å². The topological polar surface area (TPSA) is 77.0 Å². The van der Waals surface area contributed by atoms with E-state index in [-0.39, 0.29) is 11.9 Å². The monoisotopic (exact) mass is 405 g/mol. The molecule has 2 heterocycles. The van der Waals surface area contributed by atoms with Crippen LogP contribution in [0.25, 0.3) is 0 Å². The highest BCUT2D eigenvalue weighted by atomic mass is 16.2. The van der Waals surface area contributed by atoms with E-state index in [4.69, 9.17) is 4.99 Å². The number of benzene rings is 2. The second-order valence-electron chi connectivity index (χ2n) is 7.66. The largest absolute Gasteiger partial charge is 0.334 e. The van der Waals surface area contributed by atoms with Crippen molar-refractivity contribution in [2.24, 2.45) is 4.99 Å². The number of fused-ring (bicyclic) bond motifs is 1. The maximum Gasteiger partial charge on any atom is 0.325 e. The van der Waals surface area contributed by atoms with E-state index < -0.39 is 12.2 Å². The first-order valence-corrected chi connectivity index (χ1v) is 10.4. The minimum absolute atomic E-state index is 0.274. The van der Waals surface area contributed by atoms with Crippen LogP contribution in [-0.2, 0) is 17.6 Å². The third-order valence-electron chi connectivity index (χ3n) is 5.63. The van der Waals surface area contributed by atoms with Crippen LogP contribution >= 0.6 is 0 Å². The van der Waals surface area contributed by atoms with Gasteiger partial charge in [0.25, 0.3) is 5.91 Å².